The first-order chi connectivity index (χ1) is 11.7. The largest absolute Gasteiger partial charge is 0.311 e. The molecule has 0 unspecified atom stereocenters. The van der Waals surface area contributed by atoms with Gasteiger partial charge < -0.3 is 4.90 Å². The first kappa shape index (κ1) is 15.1. The summed E-state index contributed by atoms with van der Waals surface area (Å²) in [6, 6.07) is 7.85. The Morgan fingerprint density at radius 3 is 2.42 bits per heavy atom. The van der Waals surface area contributed by atoms with Crippen molar-refractivity contribution in [2.45, 2.75) is 25.7 Å². The zero-order valence-electron chi connectivity index (χ0n) is 13.5. The van der Waals surface area contributed by atoms with E-state index in [0.29, 0.717) is 19.4 Å². The molecule has 2 aliphatic heterocycles. The van der Waals surface area contributed by atoms with Crippen LogP contribution in [0.4, 0.5) is 5.69 Å². The number of hydrogen-bond acceptors (Lipinski definition) is 3. The maximum Gasteiger partial charge on any atom is 0.247 e. The molecule has 0 spiro atoms. The van der Waals surface area contributed by atoms with Crippen LogP contribution < -0.4 is 4.90 Å². The normalized spacial score (nSPS) is 25.7. The molecule has 0 radical (unpaired) electrons. The summed E-state index contributed by atoms with van der Waals surface area (Å²) in [4.78, 5) is 40.7. The summed E-state index contributed by atoms with van der Waals surface area (Å²) >= 11 is 0. The number of anilines is 1. The van der Waals surface area contributed by atoms with E-state index in [-0.39, 0.29) is 36.1 Å². The van der Waals surface area contributed by atoms with Gasteiger partial charge in [0.2, 0.25) is 17.7 Å². The second-order valence-corrected chi connectivity index (χ2v) is 6.70. The summed E-state index contributed by atoms with van der Waals surface area (Å²) in [5, 5.41) is 0. The van der Waals surface area contributed by atoms with Gasteiger partial charge in [0.1, 0.15) is 6.54 Å². The lowest BCUT2D eigenvalue weighted by atomic mass is 9.85. The Morgan fingerprint density at radius 2 is 1.71 bits per heavy atom. The van der Waals surface area contributed by atoms with Gasteiger partial charge in [0.15, 0.2) is 0 Å². The summed E-state index contributed by atoms with van der Waals surface area (Å²) < 4.78 is 0. The van der Waals surface area contributed by atoms with E-state index < -0.39 is 0 Å². The number of fused-ring (bicyclic) bond motifs is 2. The summed E-state index contributed by atoms with van der Waals surface area (Å²) in [7, 11) is 0. The van der Waals surface area contributed by atoms with Crippen LogP contribution in [0.15, 0.2) is 36.4 Å². The third kappa shape index (κ3) is 2.35. The number of benzene rings is 1. The van der Waals surface area contributed by atoms with Crippen LogP contribution in [-0.4, -0.2) is 35.7 Å². The number of para-hydroxylation sites is 1. The predicted molar refractivity (Wildman–Crippen MR) is 89.2 cm³/mol. The van der Waals surface area contributed by atoms with Gasteiger partial charge in [0.05, 0.1) is 11.8 Å². The van der Waals surface area contributed by atoms with E-state index in [2.05, 4.69) is 0 Å². The smallest absolute Gasteiger partial charge is 0.247 e. The van der Waals surface area contributed by atoms with Crippen LogP contribution in [0.3, 0.4) is 0 Å². The number of aryl methyl sites for hydroxylation is 1. The molecule has 3 aliphatic rings. The number of likely N-dealkylation sites (tertiary alicyclic amines) is 1. The second kappa shape index (κ2) is 5.89. The Bertz CT molecular complexity index is 714. The average molecular weight is 324 g/mol. The number of nitrogens with zero attached hydrogens (tertiary/aromatic N) is 2. The second-order valence-electron chi connectivity index (χ2n) is 6.70. The molecule has 5 heteroatoms. The third-order valence-electron chi connectivity index (χ3n) is 5.30. The Morgan fingerprint density at radius 1 is 1.04 bits per heavy atom. The summed E-state index contributed by atoms with van der Waals surface area (Å²) in [6.45, 7) is 0.499. The minimum atomic E-state index is -0.274. The highest BCUT2D eigenvalue weighted by atomic mass is 16.2. The fourth-order valence-electron chi connectivity index (χ4n) is 4.04. The average Bonchev–Trinajstić information content (AvgIpc) is 2.86. The molecule has 0 bridgehead atoms. The Balaban J connectivity index is 1.53. The van der Waals surface area contributed by atoms with Crippen molar-refractivity contribution in [1.82, 2.24) is 4.90 Å². The van der Waals surface area contributed by atoms with Crippen molar-refractivity contribution in [3.8, 4) is 0 Å². The van der Waals surface area contributed by atoms with Gasteiger partial charge in [-0.1, -0.05) is 30.4 Å². The van der Waals surface area contributed by atoms with E-state index in [1.165, 1.54) is 4.90 Å². The summed E-state index contributed by atoms with van der Waals surface area (Å²) in [5.74, 6) is -1.09. The maximum atomic E-state index is 12.8. The van der Waals surface area contributed by atoms with Gasteiger partial charge in [0.25, 0.3) is 0 Å². The first-order valence-electron chi connectivity index (χ1n) is 8.55. The number of hydrogen-bond donors (Lipinski definition) is 0. The molecule has 1 aromatic carbocycles. The van der Waals surface area contributed by atoms with Gasteiger partial charge >= 0.3 is 0 Å². The number of rotatable bonds is 2. The lowest BCUT2D eigenvalue weighted by molar-refractivity contribution is -0.143. The molecule has 3 amide bonds. The van der Waals surface area contributed by atoms with Crippen molar-refractivity contribution in [3.63, 3.8) is 0 Å². The summed E-state index contributed by atoms with van der Waals surface area (Å²) in [6.07, 6.45) is 6.98. The molecule has 1 fully saturated rings. The molecule has 124 valence electrons. The Hall–Kier alpha value is -2.43. The van der Waals surface area contributed by atoms with Crippen LogP contribution in [0.1, 0.15) is 24.8 Å². The van der Waals surface area contributed by atoms with E-state index >= 15 is 0 Å². The highest BCUT2D eigenvalue weighted by molar-refractivity contribution is 6.09. The number of amides is 3. The zero-order valence-corrected chi connectivity index (χ0v) is 13.5. The molecular formula is C19H20N2O3. The first-order valence-corrected chi connectivity index (χ1v) is 8.55. The molecule has 1 aromatic rings. The van der Waals surface area contributed by atoms with Gasteiger partial charge in [0, 0.05) is 12.2 Å². The van der Waals surface area contributed by atoms with E-state index in [0.717, 1.165) is 24.1 Å². The monoisotopic (exact) mass is 324 g/mol. The summed E-state index contributed by atoms with van der Waals surface area (Å²) in [5.41, 5.74) is 2.06. The molecule has 2 heterocycles. The molecular weight excluding hydrogens is 304 g/mol. The highest BCUT2D eigenvalue weighted by Gasteiger charge is 2.48. The molecule has 1 aliphatic carbocycles. The Labute approximate surface area is 140 Å². The lowest BCUT2D eigenvalue weighted by Gasteiger charge is -2.30. The number of allylic oxidation sites excluding steroid dienone is 2. The minimum absolute atomic E-state index is 0.140. The van der Waals surface area contributed by atoms with Crippen molar-refractivity contribution in [3.05, 3.63) is 42.0 Å². The van der Waals surface area contributed by atoms with Crippen LogP contribution in [0.25, 0.3) is 0 Å². The molecule has 24 heavy (non-hydrogen) atoms. The topological polar surface area (TPSA) is 57.7 Å². The molecule has 1 saturated heterocycles. The van der Waals surface area contributed by atoms with Crippen molar-refractivity contribution in [1.29, 1.82) is 0 Å². The van der Waals surface area contributed by atoms with Gasteiger partial charge in [-0.2, -0.15) is 0 Å². The Kier molecular flexibility index (Phi) is 3.71. The molecule has 0 N–H and O–H groups in total. The molecule has 0 aromatic heterocycles. The standard InChI is InChI=1S/C19H20N2O3/c22-17(20-11-5-7-13-6-1-4-10-16(13)20)12-21-18(23)14-8-2-3-9-15(14)19(21)24/h1-4,6,10,14-15H,5,7-9,11-12H2/t14-,15-/m1/s1. The van der Waals surface area contributed by atoms with E-state index in [9.17, 15) is 14.4 Å². The molecule has 4 rings (SSSR count). The van der Waals surface area contributed by atoms with Gasteiger partial charge in [-0.05, 0) is 37.3 Å². The fraction of sp³-hybridized carbons (Fsp3) is 0.421. The van der Waals surface area contributed by atoms with Gasteiger partial charge in [-0.15, -0.1) is 0 Å². The van der Waals surface area contributed by atoms with E-state index in [4.69, 9.17) is 0 Å². The van der Waals surface area contributed by atoms with E-state index in [1.807, 2.05) is 36.4 Å². The lowest BCUT2D eigenvalue weighted by Crippen LogP contribution is -2.45. The van der Waals surface area contributed by atoms with Gasteiger partial charge in [-0.3, -0.25) is 19.3 Å². The number of imide groups is 1. The number of carbonyl (C=O) groups is 3. The quantitative estimate of drug-likeness (QED) is 0.617. The van der Waals surface area contributed by atoms with Crippen LogP contribution in [0, 0.1) is 11.8 Å². The van der Waals surface area contributed by atoms with Crippen LogP contribution in [0.2, 0.25) is 0 Å². The van der Waals surface area contributed by atoms with Crippen molar-refractivity contribution < 1.29 is 14.4 Å². The maximum absolute atomic E-state index is 12.8. The van der Waals surface area contributed by atoms with Crippen molar-refractivity contribution >= 4 is 23.4 Å². The highest BCUT2D eigenvalue weighted by Crippen LogP contribution is 2.35. The van der Waals surface area contributed by atoms with Gasteiger partial charge in [-0.25, -0.2) is 0 Å². The molecule has 5 nitrogen and oxygen atoms in total. The van der Waals surface area contributed by atoms with Crippen LogP contribution in [-0.2, 0) is 20.8 Å². The molecule has 0 saturated carbocycles. The van der Waals surface area contributed by atoms with E-state index in [1.54, 1.807) is 4.90 Å². The molecule has 2 atom stereocenters. The minimum Gasteiger partial charge on any atom is -0.311 e. The fourth-order valence-corrected chi connectivity index (χ4v) is 4.04. The van der Waals surface area contributed by atoms with Crippen LogP contribution in [0.5, 0.6) is 0 Å². The van der Waals surface area contributed by atoms with Crippen molar-refractivity contribution in [2.24, 2.45) is 11.8 Å². The van der Waals surface area contributed by atoms with Crippen molar-refractivity contribution in [2.75, 3.05) is 18.0 Å². The zero-order chi connectivity index (χ0) is 16.7. The number of carbonyl (C=O) groups excluding carboxylic acids is 3. The predicted octanol–water partition coefficient (Wildman–Crippen LogP) is 1.92. The van der Waals surface area contributed by atoms with Crippen LogP contribution >= 0.6 is 0 Å². The SMILES string of the molecule is O=C1[C@@H]2CC=CC[C@H]2C(=O)N1CC(=O)N1CCCc2ccccc21. The third-order valence-corrected chi connectivity index (χ3v) is 5.30.